The zero-order valence-corrected chi connectivity index (χ0v) is 17.0. The number of nitrogens with one attached hydrogen (secondary N) is 2. The van der Waals surface area contributed by atoms with Crippen molar-refractivity contribution in [3.8, 4) is 17.2 Å². The normalized spacial score (nSPS) is 12.7. The molecule has 0 saturated heterocycles. The van der Waals surface area contributed by atoms with E-state index in [-0.39, 0.29) is 5.91 Å². The molecule has 8 heteroatoms. The number of aromatic nitrogens is 1. The van der Waals surface area contributed by atoms with Crippen LogP contribution in [-0.4, -0.2) is 37.2 Å². The van der Waals surface area contributed by atoms with Gasteiger partial charge in [0.15, 0.2) is 11.5 Å². The molecule has 4 rings (SSSR count). The summed E-state index contributed by atoms with van der Waals surface area (Å²) in [7, 11) is 1.56. The van der Waals surface area contributed by atoms with Crippen LogP contribution in [0.15, 0.2) is 72.0 Å². The Balaban J connectivity index is 1.55. The highest BCUT2D eigenvalue weighted by atomic mass is 16.6. The molecule has 0 unspecified atom stereocenters. The van der Waals surface area contributed by atoms with Crippen LogP contribution in [0.4, 0.5) is 5.69 Å². The molecule has 0 bridgehead atoms. The molecule has 2 heterocycles. The molecule has 31 heavy (non-hydrogen) atoms. The fourth-order valence-corrected chi connectivity index (χ4v) is 2.97. The molecule has 0 aliphatic carbocycles. The van der Waals surface area contributed by atoms with Gasteiger partial charge in [0.05, 0.1) is 13.7 Å². The Bertz CT molecular complexity index is 1090. The topological polar surface area (TPSA) is 94.1 Å². The molecule has 3 aromatic rings. The summed E-state index contributed by atoms with van der Waals surface area (Å²) < 4.78 is 16.4. The summed E-state index contributed by atoms with van der Waals surface area (Å²) in [5.74, 6) is 1.91. The molecule has 8 nitrogen and oxygen atoms in total. The van der Waals surface area contributed by atoms with Crippen LogP contribution in [0.5, 0.6) is 17.2 Å². The van der Waals surface area contributed by atoms with Crippen molar-refractivity contribution in [2.24, 2.45) is 4.99 Å². The Morgan fingerprint density at radius 3 is 2.77 bits per heavy atom. The number of carbonyl (C=O) groups excluding carboxylic acids is 1. The molecule has 1 aliphatic rings. The average molecular weight is 418 g/mol. The largest absolute Gasteiger partial charge is 0.497 e. The second-order valence-corrected chi connectivity index (χ2v) is 6.70. The smallest absolute Gasteiger partial charge is 0.258 e. The number of guanidine groups is 1. The molecule has 1 aromatic heterocycles. The first-order valence-electron chi connectivity index (χ1n) is 9.77. The van der Waals surface area contributed by atoms with Crippen LogP contribution < -0.4 is 24.8 Å². The van der Waals surface area contributed by atoms with Crippen LogP contribution in [0.25, 0.3) is 0 Å². The van der Waals surface area contributed by atoms with E-state index in [1.807, 2.05) is 30.3 Å². The molecular weight excluding hydrogens is 396 g/mol. The summed E-state index contributed by atoms with van der Waals surface area (Å²) in [5.41, 5.74) is 2.08. The molecule has 2 aromatic carbocycles. The van der Waals surface area contributed by atoms with Gasteiger partial charge in [-0.05, 0) is 42.0 Å². The van der Waals surface area contributed by atoms with E-state index < -0.39 is 0 Å². The summed E-state index contributed by atoms with van der Waals surface area (Å²) in [6.45, 7) is 1.36. The highest BCUT2D eigenvalue weighted by Gasteiger charge is 2.14. The Morgan fingerprint density at radius 1 is 1.10 bits per heavy atom. The van der Waals surface area contributed by atoms with E-state index in [1.165, 1.54) is 0 Å². The fourth-order valence-electron chi connectivity index (χ4n) is 2.97. The number of aliphatic imine (C=N–C) groups is 1. The lowest BCUT2D eigenvalue weighted by molar-refractivity contribution is 0.0976. The summed E-state index contributed by atoms with van der Waals surface area (Å²) >= 11 is 0. The maximum atomic E-state index is 12.8. The van der Waals surface area contributed by atoms with Crippen LogP contribution in [-0.2, 0) is 6.54 Å². The molecule has 158 valence electrons. The lowest BCUT2D eigenvalue weighted by atomic mass is 10.2. The molecule has 0 spiro atoms. The van der Waals surface area contributed by atoms with E-state index in [0.717, 1.165) is 5.56 Å². The molecule has 0 radical (unpaired) electrons. The van der Waals surface area contributed by atoms with Gasteiger partial charge in [0.1, 0.15) is 19.0 Å². The van der Waals surface area contributed by atoms with Gasteiger partial charge in [0, 0.05) is 29.7 Å². The predicted molar refractivity (Wildman–Crippen MR) is 117 cm³/mol. The molecule has 0 atom stereocenters. The summed E-state index contributed by atoms with van der Waals surface area (Å²) in [6.07, 6.45) is 3.43. The fraction of sp³-hybridized carbons (Fsp3) is 0.174. The van der Waals surface area contributed by atoms with E-state index in [1.54, 1.807) is 43.8 Å². The first-order valence-corrected chi connectivity index (χ1v) is 9.77. The van der Waals surface area contributed by atoms with Gasteiger partial charge in [-0.25, -0.2) is 4.99 Å². The van der Waals surface area contributed by atoms with Gasteiger partial charge in [0.2, 0.25) is 5.96 Å². The van der Waals surface area contributed by atoms with Crippen LogP contribution in [0.3, 0.4) is 0 Å². The first-order chi connectivity index (χ1) is 15.2. The van der Waals surface area contributed by atoms with Gasteiger partial charge in [0.25, 0.3) is 5.91 Å². The second-order valence-electron chi connectivity index (χ2n) is 6.70. The second kappa shape index (κ2) is 9.62. The molecule has 0 fully saturated rings. The summed E-state index contributed by atoms with van der Waals surface area (Å²) in [6, 6.07) is 16.1. The van der Waals surface area contributed by atoms with Gasteiger partial charge in [-0.2, -0.15) is 0 Å². The SMILES string of the molecule is COc1cccc(C(=O)NC(=NCc2cccnc2)Nc2ccc3c(c2)OCCO3)c1. The minimum atomic E-state index is -0.311. The number of hydrogen-bond donors (Lipinski definition) is 2. The third-order valence-electron chi connectivity index (χ3n) is 4.51. The van der Waals surface area contributed by atoms with Gasteiger partial charge in [-0.1, -0.05) is 12.1 Å². The maximum Gasteiger partial charge on any atom is 0.258 e. The lowest BCUT2D eigenvalue weighted by Crippen LogP contribution is -2.36. The molecule has 0 saturated carbocycles. The third-order valence-corrected chi connectivity index (χ3v) is 4.51. The van der Waals surface area contributed by atoms with Gasteiger partial charge >= 0.3 is 0 Å². The average Bonchev–Trinajstić information content (AvgIpc) is 2.83. The number of rotatable bonds is 5. The summed E-state index contributed by atoms with van der Waals surface area (Å²) in [4.78, 5) is 21.5. The van der Waals surface area contributed by atoms with E-state index >= 15 is 0 Å². The number of ether oxygens (including phenoxy) is 3. The number of hydrogen-bond acceptors (Lipinski definition) is 6. The molecule has 1 aliphatic heterocycles. The Labute approximate surface area is 179 Å². The van der Waals surface area contributed by atoms with Crippen molar-refractivity contribution < 1.29 is 19.0 Å². The Hall–Kier alpha value is -4.07. The Kier molecular flexibility index (Phi) is 6.27. The van der Waals surface area contributed by atoms with Crippen molar-refractivity contribution >= 4 is 17.6 Å². The van der Waals surface area contributed by atoms with Crippen molar-refractivity contribution in [2.45, 2.75) is 6.54 Å². The zero-order valence-electron chi connectivity index (χ0n) is 17.0. The van der Waals surface area contributed by atoms with Gasteiger partial charge in [-0.3, -0.25) is 15.1 Å². The quantitative estimate of drug-likeness (QED) is 0.488. The number of pyridine rings is 1. The maximum absolute atomic E-state index is 12.8. The van der Waals surface area contributed by atoms with Crippen LogP contribution in [0.2, 0.25) is 0 Å². The van der Waals surface area contributed by atoms with Crippen molar-refractivity contribution in [3.63, 3.8) is 0 Å². The molecule has 2 N–H and O–H groups in total. The predicted octanol–water partition coefficient (Wildman–Crippen LogP) is 3.26. The number of methoxy groups -OCH3 is 1. The minimum Gasteiger partial charge on any atom is -0.497 e. The van der Waals surface area contributed by atoms with E-state index in [0.29, 0.717) is 54.2 Å². The highest BCUT2D eigenvalue weighted by Crippen LogP contribution is 2.32. The number of amides is 1. The van der Waals surface area contributed by atoms with Crippen molar-refractivity contribution in [1.82, 2.24) is 10.3 Å². The number of benzene rings is 2. The zero-order chi connectivity index (χ0) is 21.5. The van der Waals surface area contributed by atoms with Gasteiger partial charge in [-0.15, -0.1) is 0 Å². The van der Waals surface area contributed by atoms with Crippen LogP contribution >= 0.6 is 0 Å². The van der Waals surface area contributed by atoms with Crippen molar-refractivity contribution in [2.75, 3.05) is 25.6 Å². The molecule has 1 amide bonds. The number of anilines is 1. The van der Waals surface area contributed by atoms with E-state index in [9.17, 15) is 4.79 Å². The van der Waals surface area contributed by atoms with E-state index in [4.69, 9.17) is 14.2 Å². The first kappa shape index (κ1) is 20.2. The van der Waals surface area contributed by atoms with Crippen LogP contribution in [0.1, 0.15) is 15.9 Å². The Morgan fingerprint density at radius 2 is 1.97 bits per heavy atom. The molecular formula is C23H22N4O4. The van der Waals surface area contributed by atoms with Crippen molar-refractivity contribution in [1.29, 1.82) is 0 Å². The standard InChI is InChI=1S/C23H22N4O4/c1-29-19-6-2-5-17(12-19)22(28)27-23(25-15-16-4-3-9-24-14-16)26-18-7-8-20-21(13-18)31-11-10-30-20/h2-9,12-14H,10-11,15H2,1H3,(H2,25,26,27,28). The van der Waals surface area contributed by atoms with Crippen molar-refractivity contribution in [3.05, 3.63) is 78.1 Å². The van der Waals surface area contributed by atoms with E-state index in [2.05, 4.69) is 20.6 Å². The minimum absolute atomic E-state index is 0.299. The summed E-state index contributed by atoms with van der Waals surface area (Å²) in [5, 5.41) is 5.99. The third kappa shape index (κ3) is 5.30. The van der Waals surface area contributed by atoms with Crippen LogP contribution in [0, 0.1) is 0 Å². The number of nitrogens with zero attached hydrogens (tertiary/aromatic N) is 2. The monoisotopic (exact) mass is 418 g/mol. The number of carbonyl (C=O) groups is 1. The highest BCUT2D eigenvalue weighted by molar-refractivity contribution is 6.10. The lowest BCUT2D eigenvalue weighted by Gasteiger charge is -2.19. The number of fused-ring (bicyclic) bond motifs is 1. The van der Waals surface area contributed by atoms with Gasteiger partial charge < -0.3 is 19.5 Å².